The second kappa shape index (κ2) is 5.57. The molecule has 0 saturated carbocycles. The zero-order chi connectivity index (χ0) is 13.1. The van der Waals surface area contributed by atoms with Crippen molar-refractivity contribution >= 4 is 17.0 Å². The van der Waals surface area contributed by atoms with Crippen molar-refractivity contribution in [3.8, 4) is 0 Å². The third-order valence-electron chi connectivity index (χ3n) is 3.14. The molecule has 0 saturated heterocycles. The Labute approximate surface area is 114 Å². The third kappa shape index (κ3) is 2.94. The molecular weight excluding hydrogens is 238 g/mol. The number of benzene rings is 1. The van der Waals surface area contributed by atoms with E-state index in [1.54, 1.807) is 0 Å². The van der Waals surface area contributed by atoms with E-state index >= 15 is 0 Å². The number of aryl methyl sites for hydroxylation is 1. The molecule has 0 fully saturated rings. The summed E-state index contributed by atoms with van der Waals surface area (Å²) in [6.07, 6.45) is 0. The van der Waals surface area contributed by atoms with E-state index in [0.29, 0.717) is 12.0 Å². The average Bonchev–Trinajstić information content (AvgIpc) is 2.76. The van der Waals surface area contributed by atoms with Gasteiger partial charge < -0.3 is 5.32 Å². The van der Waals surface area contributed by atoms with Gasteiger partial charge in [-0.15, -0.1) is 11.3 Å². The summed E-state index contributed by atoms with van der Waals surface area (Å²) in [6.45, 7) is 8.85. The highest BCUT2D eigenvalue weighted by atomic mass is 32.1. The Kier molecular flexibility index (Phi) is 4.07. The lowest BCUT2D eigenvalue weighted by molar-refractivity contribution is 0.848. The van der Waals surface area contributed by atoms with Gasteiger partial charge in [0.2, 0.25) is 0 Å². The largest absolute Gasteiger partial charge is 0.377 e. The minimum atomic E-state index is 0.364. The molecule has 0 aliphatic carbocycles. The Morgan fingerprint density at radius 2 is 1.72 bits per heavy atom. The third-order valence-corrected chi connectivity index (χ3v) is 4.33. The molecule has 96 valence electrons. The maximum absolute atomic E-state index is 3.63. The minimum Gasteiger partial charge on any atom is -0.377 e. The zero-order valence-corrected chi connectivity index (χ0v) is 12.3. The Morgan fingerprint density at radius 3 is 2.33 bits per heavy atom. The predicted molar refractivity (Wildman–Crippen MR) is 81.6 cm³/mol. The topological polar surface area (TPSA) is 12.0 Å². The van der Waals surface area contributed by atoms with Crippen LogP contribution in [0.4, 0.5) is 5.69 Å². The quantitative estimate of drug-likeness (QED) is 0.780. The number of para-hydroxylation sites is 1. The zero-order valence-electron chi connectivity index (χ0n) is 11.5. The van der Waals surface area contributed by atoms with Crippen molar-refractivity contribution in [3.05, 3.63) is 51.7 Å². The molecule has 18 heavy (non-hydrogen) atoms. The maximum atomic E-state index is 3.63. The van der Waals surface area contributed by atoms with Crippen molar-refractivity contribution in [1.82, 2.24) is 0 Å². The van der Waals surface area contributed by atoms with Gasteiger partial charge in [0.15, 0.2) is 0 Å². The van der Waals surface area contributed by atoms with Gasteiger partial charge in [-0.2, -0.15) is 0 Å². The van der Waals surface area contributed by atoms with E-state index in [-0.39, 0.29) is 0 Å². The molecule has 0 bridgehead atoms. The van der Waals surface area contributed by atoms with Gasteiger partial charge in [0.1, 0.15) is 0 Å². The van der Waals surface area contributed by atoms with Crippen LogP contribution in [0.25, 0.3) is 0 Å². The first-order valence-corrected chi connectivity index (χ1v) is 7.31. The highest BCUT2D eigenvalue weighted by molar-refractivity contribution is 7.12. The van der Waals surface area contributed by atoms with E-state index < -0.39 is 0 Å². The molecule has 2 aromatic rings. The maximum Gasteiger partial charge on any atom is 0.0578 e. The monoisotopic (exact) mass is 259 g/mol. The number of nitrogens with one attached hydrogen (secondary N) is 1. The van der Waals surface area contributed by atoms with Gasteiger partial charge in [-0.1, -0.05) is 32.0 Å². The number of hydrogen-bond donors (Lipinski definition) is 1. The number of thiophene rings is 1. The summed E-state index contributed by atoms with van der Waals surface area (Å²) in [6, 6.07) is 13.4. The lowest BCUT2D eigenvalue weighted by Gasteiger charge is -2.18. The standard InChI is InChI=1S/C16H21NS/c1-11(2)14-7-5-6-8-15(14)17-13(4)16-10-9-12(3)18-16/h5-11,13,17H,1-4H3. The first-order chi connectivity index (χ1) is 8.58. The molecule has 2 heteroatoms. The molecule has 1 nitrogen and oxygen atoms in total. The van der Waals surface area contributed by atoms with E-state index in [2.05, 4.69) is 69.4 Å². The molecule has 0 amide bonds. The van der Waals surface area contributed by atoms with Gasteiger partial charge in [0, 0.05) is 15.4 Å². The molecule has 1 aromatic carbocycles. The van der Waals surface area contributed by atoms with Crippen molar-refractivity contribution in [1.29, 1.82) is 0 Å². The summed E-state index contributed by atoms with van der Waals surface area (Å²) in [4.78, 5) is 2.77. The van der Waals surface area contributed by atoms with Crippen molar-refractivity contribution in [2.45, 2.75) is 39.7 Å². The van der Waals surface area contributed by atoms with Crippen LogP contribution in [0.5, 0.6) is 0 Å². The van der Waals surface area contributed by atoms with Gasteiger partial charge in [0.05, 0.1) is 6.04 Å². The molecule has 1 unspecified atom stereocenters. The average molecular weight is 259 g/mol. The van der Waals surface area contributed by atoms with E-state index in [4.69, 9.17) is 0 Å². The van der Waals surface area contributed by atoms with Gasteiger partial charge >= 0.3 is 0 Å². The fourth-order valence-corrected chi connectivity index (χ4v) is 3.00. The van der Waals surface area contributed by atoms with E-state index in [1.807, 2.05) is 11.3 Å². The van der Waals surface area contributed by atoms with Crippen molar-refractivity contribution in [3.63, 3.8) is 0 Å². The number of anilines is 1. The van der Waals surface area contributed by atoms with E-state index in [1.165, 1.54) is 21.0 Å². The molecule has 1 aromatic heterocycles. The van der Waals surface area contributed by atoms with E-state index in [0.717, 1.165) is 0 Å². The summed E-state index contributed by atoms with van der Waals surface area (Å²) in [5.74, 6) is 0.547. The predicted octanol–water partition coefficient (Wildman–Crippen LogP) is 5.35. The van der Waals surface area contributed by atoms with Crippen LogP contribution >= 0.6 is 11.3 Å². The lowest BCUT2D eigenvalue weighted by Crippen LogP contribution is -2.07. The second-order valence-electron chi connectivity index (χ2n) is 5.06. The molecule has 1 atom stereocenters. The van der Waals surface area contributed by atoms with Gasteiger partial charge in [-0.3, -0.25) is 0 Å². The van der Waals surface area contributed by atoms with E-state index in [9.17, 15) is 0 Å². The SMILES string of the molecule is Cc1ccc(C(C)Nc2ccccc2C(C)C)s1. The lowest BCUT2D eigenvalue weighted by atomic mass is 10.0. The van der Waals surface area contributed by atoms with Crippen LogP contribution in [0.1, 0.15) is 48.0 Å². The van der Waals surface area contributed by atoms with Crippen LogP contribution in [-0.2, 0) is 0 Å². The van der Waals surface area contributed by atoms with Gasteiger partial charge in [-0.05, 0) is 43.5 Å². The van der Waals surface area contributed by atoms with Crippen LogP contribution in [0.2, 0.25) is 0 Å². The molecule has 0 aliphatic heterocycles. The summed E-state index contributed by atoms with van der Waals surface area (Å²) >= 11 is 1.87. The summed E-state index contributed by atoms with van der Waals surface area (Å²) in [5, 5.41) is 3.63. The van der Waals surface area contributed by atoms with Crippen LogP contribution in [0, 0.1) is 6.92 Å². The first kappa shape index (κ1) is 13.2. The number of hydrogen-bond acceptors (Lipinski definition) is 2. The van der Waals surface area contributed by atoms with Crippen molar-refractivity contribution in [2.75, 3.05) is 5.32 Å². The fourth-order valence-electron chi connectivity index (χ4n) is 2.12. The van der Waals surface area contributed by atoms with Crippen LogP contribution in [0.3, 0.4) is 0 Å². The first-order valence-electron chi connectivity index (χ1n) is 6.49. The van der Waals surface area contributed by atoms with Gasteiger partial charge in [0.25, 0.3) is 0 Å². The Morgan fingerprint density at radius 1 is 1.00 bits per heavy atom. The van der Waals surface area contributed by atoms with Crippen molar-refractivity contribution < 1.29 is 0 Å². The normalized spacial score (nSPS) is 12.7. The Hall–Kier alpha value is -1.28. The molecule has 2 rings (SSSR count). The van der Waals surface area contributed by atoms with Crippen LogP contribution in [-0.4, -0.2) is 0 Å². The molecule has 0 radical (unpaired) electrons. The Balaban J connectivity index is 2.19. The molecule has 0 aliphatic rings. The minimum absolute atomic E-state index is 0.364. The van der Waals surface area contributed by atoms with Crippen molar-refractivity contribution in [2.24, 2.45) is 0 Å². The fraction of sp³-hybridized carbons (Fsp3) is 0.375. The summed E-state index contributed by atoms with van der Waals surface area (Å²) in [5.41, 5.74) is 2.64. The number of rotatable bonds is 4. The molecular formula is C16H21NS. The summed E-state index contributed by atoms with van der Waals surface area (Å²) < 4.78 is 0. The smallest absolute Gasteiger partial charge is 0.0578 e. The van der Waals surface area contributed by atoms with Crippen LogP contribution in [0.15, 0.2) is 36.4 Å². The summed E-state index contributed by atoms with van der Waals surface area (Å²) in [7, 11) is 0. The Bertz CT molecular complexity index is 513. The van der Waals surface area contributed by atoms with Crippen LogP contribution < -0.4 is 5.32 Å². The molecule has 0 spiro atoms. The molecule has 1 N–H and O–H groups in total. The highest BCUT2D eigenvalue weighted by Crippen LogP contribution is 2.29. The highest BCUT2D eigenvalue weighted by Gasteiger charge is 2.11. The van der Waals surface area contributed by atoms with Gasteiger partial charge in [-0.25, -0.2) is 0 Å². The molecule has 1 heterocycles. The second-order valence-corrected chi connectivity index (χ2v) is 6.38.